The number of carbonyl (C=O) groups excluding carboxylic acids is 1. The molecule has 0 amide bonds. The molecule has 0 aromatic heterocycles. The highest BCUT2D eigenvalue weighted by atomic mass is 16.5. The van der Waals surface area contributed by atoms with Crippen molar-refractivity contribution in [2.45, 2.75) is 33.1 Å². The number of hydrogen-bond acceptors (Lipinski definition) is 4. The molecule has 5 nitrogen and oxygen atoms in total. The molecule has 0 radical (unpaired) electrons. The molecule has 3 aliphatic rings. The Kier molecular flexibility index (Phi) is 3.81. The van der Waals surface area contributed by atoms with Crippen LogP contribution in [0, 0.1) is 10.8 Å². The fourth-order valence-electron chi connectivity index (χ4n) is 4.52. The van der Waals surface area contributed by atoms with E-state index in [1.54, 1.807) is 14.2 Å². The van der Waals surface area contributed by atoms with Gasteiger partial charge in [0.2, 0.25) is 0 Å². The van der Waals surface area contributed by atoms with Gasteiger partial charge >= 0.3 is 0 Å². The molecule has 2 aliphatic heterocycles. The number of Topliss-reactive ketones (excluding diaryl/α,β-unsaturated/α-hetero) is 1. The second-order valence-corrected chi connectivity index (χ2v) is 8.11. The summed E-state index contributed by atoms with van der Waals surface area (Å²) in [6, 6.07) is 4.04. The number of allylic oxidation sites excluding steroid dienone is 3. The highest BCUT2D eigenvalue weighted by Crippen LogP contribution is 2.39. The zero-order valence-electron chi connectivity index (χ0n) is 15.8. The molecule has 4 rings (SSSR count). The molecule has 2 N–H and O–H groups in total. The van der Waals surface area contributed by atoms with E-state index >= 15 is 0 Å². The molecule has 1 atom stereocenters. The predicted octanol–water partition coefficient (Wildman–Crippen LogP) is 2.16. The van der Waals surface area contributed by atoms with Crippen LogP contribution in [0.4, 0.5) is 0 Å². The number of ketones is 1. The first kappa shape index (κ1) is 17.0. The van der Waals surface area contributed by atoms with Crippen LogP contribution in [0.3, 0.4) is 0 Å². The SMILES string of the molecule is COc1cc2c(cc1OC)C1=CC(=N)C3=C(CC(C)(C)CC3=O)[NH+]1CC2. The average molecular weight is 353 g/mol. The molecule has 1 aromatic rings. The number of fused-ring (bicyclic) bond motifs is 4. The van der Waals surface area contributed by atoms with Crippen molar-refractivity contribution in [2.24, 2.45) is 5.41 Å². The summed E-state index contributed by atoms with van der Waals surface area (Å²) in [5.74, 6) is 1.54. The lowest BCUT2D eigenvalue weighted by Gasteiger charge is -2.39. The van der Waals surface area contributed by atoms with E-state index in [4.69, 9.17) is 14.9 Å². The summed E-state index contributed by atoms with van der Waals surface area (Å²) in [4.78, 5) is 13.9. The second-order valence-electron chi connectivity index (χ2n) is 8.11. The minimum absolute atomic E-state index is 0.0521. The molecule has 1 aliphatic carbocycles. The van der Waals surface area contributed by atoms with E-state index < -0.39 is 0 Å². The summed E-state index contributed by atoms with van der Waals surface area (Å²) < 4.78 is 10.9. The lowest BCUT2D eigenvalue weighted by atomic mass is 9.72. The first-order valence-electron chi connectivity index (χ1n) is 9.03. The molecule has 0 fully saturated rings. The first-order chi connectivity index (χ1) is 12.3. The number of methoxy groups -OCH3 is 2. The van der Waals surface area contributed by atoms with Gasteiger partial charge in [0.25, 0.3) is 0 Å². The molecule has 5 heteroatoms. The fraction of sp³-hybridized carbons (Fsp3) is 0.429. The molecule has 0 bridgehead atoms. The van der Waals surface area contributed by atoms with Crippen LogP contribution in [0.2, 0.25) is 0 Å². The highest BCUT2D eigenvalue weighted by molar-refractivity contribution is 6.28. The van der Waals surface area contributed by atoms with Crippen LogP contribution in [-0.4, -0.2) is 32.3 Å². The Morgan fingerprint density at radius 2 is 1.81 bits per heavy atom. The molecular weight excluding hydrogens is 328 g/mol. The number of benzene rings is 1. The van der Waals surface area contributed by atoms with E-state index in [0.29, 0.717) is 23.5 Å². The van der Waals surface area contributed by atoms with Crippen molar-refractivity contribution in [1.29, 1.82) is 5.41 Å². The van der Waals surface area contributed by atoms with Crippen LogP contribution in [0.1, 0.15) is 37.8 Å². The number of hydrogen-bond donors (Lipinski definition) is 2. The quantitative estimate of drug-likeness (QED) is 0.856. The van der Waals surface area contributed by atoms with Crippen molar-refractivity contribution in [3.05, 3.63) is 40.6 Å². The topological polar surface area (TPSA) is 63.8 Å². The average Bonchev–Trinajstić information content (AvgIpc) is 2.58. The Morgan fingerprint density at radius 1 is 1.12 bits per heavy atom. The van der Waals surface area contributed by atoms with Crippen molar-refractivity contribution >= 4 is 17.2 Å². The van der Waals surface area contributed by atoms with Gasteiger partial charge in [0.1, 0.15) is 11.4 Å². The fourth-order valence-corrected chi connectivity index (χ4v) is 4.52. The Balaban J connectivity index is 1.84. The Bertz CT molecular complexity index is 893. The smallest absolute Gasteiger partial charge is 0.171 e. The maximum Gasteiger partial charge on any atom is 0.171 e. The number of rotatable bonds is 2. The van der Waals surface area contributed by atoms with Crippen LogP contribution < -0.4 is 14.4 Å². The summed E-state index contributed by atoms with van der Waals surface area (Å²) in [6.45, 7) is 5.17. The largest absolute Gasteiger partial charge is 0.493 e. The number of quaternary nitrogens is 1. The zero-order valence-corrected chi connectivity index (χ0v) is 15.8. The van der Waals surface area contributed by atoms with Crippen LogP contribution in [0.25, 0.3) is 5.70 Å². The first-order valence-corrected chi connectivity index (χ1v) is 9.03. The monoisotopic (exact) mass is 353 g/mol. The molecule has 136 valence electrons. The van der Waals surface area contributed by atoms with E-state index in [-0.39, 0.29) is 11.2 Å². The lowest BCUT2D eigenvalue weighted by Crippen LogP contribution is -3.09. The van der Waals surface area contributed by atoms with E-state index in [0.717, 1.165) is 42.1 Å². The van der Waals surface area contributed by atoms with E-state index in [1.165, 1.54) is 10.5 Å². The number of ether oxygens (including phenoxy) is 2. The Morgan fingerprint density at radius 3 is 2.50 bits per heavy atom. The van der Waals surface area contributed by atoms with Crippen LogP contribution >= 0.6 is 0 Å². The third-order valence-corrected chi connectivity index (χ3v) is 5.67. The molecule has 0 saturated carbocycles. The summed E-state index contributed by atoms with van der Waals surface area (Å²) in [5, 5.41) is 8.49. The van der Waals surface area contributed by atoms with Gasteiger partial charge in [0.15, 0.2) is 17.3 Å². The summed E-state index contributed by atoms with van der Waals surface area (Å²) >= 11 is 0. The molecule has 2 heterocycles. The summed E-state index contributed by atoms with van der Waals surface area (Å²) in [5.41, 5.74) is 5.40. The standard InChI is InChI=1S/C21H24N2O3/c1-21(2)10-16-20(17(24)11-21)14(22)9-15-13-8-19(26-4)18(25-3)7-12(13)5-6-23(15)16/h7-9,22H,5-6,10-11H2,1-4H3/p+1. The Labute approximate surface area is 153 Å². The van der Waals surface area contributed by atoms with Gasteiger partial charge < -0.3 is 9.47 Å². The van der Waals surface area contributed by atoms with E-state index in [1.807, 2.05) is 18.2 Å². The van der Waals surface area contributed by atoms with Crippen LogP contribution in [0.15, 0.2) is 29.5 Å². The second kappa shape index (κ2) is 5.81. The van der Waals surface area contributed by atoms with Crippen molar-refractivity contribution in [1.82, 2.24) is 0 Å². The molecule has 1 aromatic carbocycles. The maximum absolute atomic E-state index is 12.7. The normalized spacial score (nSPS) is 23.7. The van der Waals surface area contributed by atoms with E-state index in [2.05, 4.69) is 13.8 Å². The maximum atomic E-state index is 12.7. The predicted molar refractivity (Wildman–Crippen MR) is 99.8 cm³/mol. The van der Waals surface area contributed by atoms with Crippen molar-refractivity contribution in [3.63, 3.8) is 0 Å². The third kappa shape index (κ3) is 2.50. The lowest BCUT2D eigenvalue weighted by molar-refractivity contribution is -0.787. The van der Waals surface area contributed by atoms with Crippen molar-refractivity contribution in [2.75, 3.05) is 20.8 Å². The highest BCUT2D eigenvalue weighted by Gasteiger charge is 2.44. The van der Waals surface area contributed by atoms with Gasteiger partial charge in [-0.1, -0.05) is 13.8 Å². The van der Waals surface area contributed by atoms with Gasteiger partial charge in [-0.3, -0.25) is 15.1 Å². The van der Waals surface area contributed by atoms with E-state index in [9.17, 15) is 4.79 Å². The molecule has 26 heavy (non-hydrogen) atoms. The molecule has 1 unspecified atom stereocenters. The zero-order chi connectivity index (χ0) is 18.6. The minimum atomic E-state index is -0.0521. The molecular formula is C21H25N2O3+. The number of carbonyl (C=O) groups is 1. The van der Waals surface area contributed by atoms with Gasteiger partial charge in [0.05, 0.1) is 32.0 Å². The summed E-state index contributed by atoms with van der Waals surface area (Å²) in [7, 11) is 3.28. The van der Waals surface area contributed by atoms with Crippen molar-refractivity contribution < 1.29 is 19.2 Å². The van der Waals surface area contributed by atoms with Crippen LogP contribution in [0.5, 0.6) is 11.5 Å². The Hall–Kier alpha value is -2.40. The van der Waals surface area contributed by atoms with Gasteiger partial charge in [-0.15, -0.1) is 0 Å². The van der Waals surface area contributed by atoms with Crippen molar-refractivity contribution in [3.8, 4) is 11.5 Å². The molecule has 0 spiro atoms. The third-order valence-electron chi connectivity index (χ3n) is 5.67. The number of nitrogens with one attached hydrogen (secondary N) is 2. The molecule has 0 saturated heterocycles. The van der Waals surface area contributed by atoms with Crippen LogP contribution in [-0.2, 0) is 11.2 Å². The van der Waals surface area contributed by atoms with Gasteiger partial charge in [-0.05, 0) is 23.1 Å². The van der Waals surface area contributed by atoms with Gasteiger partial charge in [-0.2, -0.15) is 0 Å². The van der Waals surface area contributed by atoms with Gasteiger partial charge in [0, 0.05) is 30.9 Å². The minimum Gasteiger partial charge on any atom is -0.493 e. The summed E-state index contributed by atoms with van der Waals surface area (Å²) in [6.07, 6.45) is 4.15. The van der Waals surface area contributed by atoms with Gasteiger partial charge in [-0.25, -0.2) is 0 Å².